The molecule has 1 N–H and O–H groups in total. The van der Waals surface area contributed by atoms with Crippen molar-refractivity contribution in [3.8, 4) is 11.3 Å². The van der Waals surface area contributed by atoms with Gasteiger partial charge in [0.25, 0.3) is 0 Å². The molecule has 2 rings (SSSR count). The molecule has 0 fully saturated rings. The normalized spacial score (nSPS) is 11.2. The van der Waals surface area contributed by atoms with Gasteiger partial charge in [0.05, 0.1) is 6.20 Å². The van der Waals surface area contributed by atoms with Crippen LogP contribution in [-0.2, 0) is 6.42 Å². The van der Waals surface area contributed by atoms with E-state index in [-0.39, 0.29) is 0 Å². The number of hydrogen-bond donors (Lipinski definition) is 1. The maximum Gasteiger partial charge on any atom is 0.196 e. The predicted octanol–water partition coefficient (Wildman–Crippen LogP) is 3.95. The highest BCUT2D eigenvalue weighted by Crippen LogP contribution is 2.25. The first-order valence-electron chi connectivity index (χ1n) is 6.51. The summed E-state index contributed by atoms with van der Waals surface area (Å²) in [5.41, 5.74) is 2.26. The van der Waals surface area contributed by atoms with Crippen molar-refractivity contribution in [3.63, 3.8) is 0 Å². The van der Waals surface area contributed by atoms with Gasteiger partial charge < -0.3 is 9.73 Å². The number of benzene rings is 1. The molecular formula is C15H19BrN2O. The molecular weight excluding hydrogens is 304 g/mol. The Labute approximate surface area is 122 Å². The van der Waals surface area contributed by atoms with Crippen LogP contribution in [-0.4, -0.2) is 17.6 Å². The van der Waals surface area contributed by atoms with Crippen molar-refractivity contribution in [1.82, 2.24) is 10.3 Å². The standard InChI is InChI=1S/C15H19BrN2O/c1-10(2)17-7-6-15-18-9-14(19-15)12-4-5-13(16)11(3)8-12/h4-5,8-10,17H,6-7H2,1-3H3. The first kappa shape index (κ1) is 14.3. The van der Waals surface area contributed by atoms with Gasteiger partial charge in [0.15, 0.2) is 11.7 Å². The Morgan fingerprint density at radius 3 is 2.84 bits per heavy atom. The summed E-state index contributed by atoms with van der Waals surface area (Å²) in [7, 11) is 0. The minimum absolute atomic E-state index is 0.489. The minimum atomic E-state index is 0.489. The number of aromatic nitrogens is 1. The van der Waals surface area contributed by atoms with Crippen LogP contribution in [0.1, 0.15) is 25.3 Å². The van der Waals surface area contributed by atoms with Gasteiger partial charge in [0.2, 0.25) is 0 Å². The lowest BCUT2D eigenvalue weighted by molar-refractivity contribution is 0.484. The molecule has 0 saturated heterocycles. The molecule has 0 amide bonds. The smallest absolute Gasteiger partial charge is 0.196 e. The molecule has 0 aliphatic heterocycles. The number of oxazole rings is 1. The van der Waals surface area contributed by atoms with Gasteiger partial charge >= 0.3 is 0 Å². The van der Waals surface area contributed by atoms with Crippen LogP contribution in [0.4, 0.5) is 0 Å². The van der Waals surface area contributed by atoms with Crippen molar-refractivity contribution < 1.29 is 4.42 Å². The summed E-state index contributed by atoms with van der Waals surface area (Å²) in [5, 5.41) is 3.35. The van der Waals surface area contributed by atoms with Crippen LogP contribution in [0.25, 0.3) is 11.3 Å². The van der Waals surface area contributed by atoms with Gasteiger partial charge in [-0.05, 0) is 24.6 Å². The molecule has 0 radical (unpaired) electrons. The third kappa shape index (κ3) is 3.91. The van der Waals surface area contributed by atoms with E-state index in [0.29, 0.717) is 6.04 Å². The molecule has 0 aliphatic carbocycles. The van der Waals surface area contributed by atoms with Crippen LogP contribution in [0.5, 0.6) is 0 Å². The van der Waals surface area contributed by atoms with Crippen LogP contribution >= 0.6 is 15.9 Å². The largest absolute Gasteiger partial charge is 0.441 e. The van der Waals surface area contributed by atoms with E-state index in [0.717, 1.165) is 34.7 Å². The molecule has 4 heteroatoms. The highest BCUT2D eigenvalue weighted by Gasteiger charge is 2.07. The van der Waals surface area contributed by atoms with Crippen molar-refractivity contribution in [2.24, 2.45) is 0 Å². The van der Waals surface area contributed by atoms with E-state index >= 15 is 0 Å². The summed E-state index contributed by atoms with van der Waals surface area (Å²) in [6.45, 7) is 7.21. The van der Waals surface area contributed by atoms with Crippen LogP contribution in [0.2, 0.25) is 0 Å². The number of rotatable bonds is 5. The van der Waals surface area contributed by atoms with Gasteiger partial charge in [0, 0.05) is 29.0 Å². The zero-order chi connectivity index (χ0) is 13.8. The average molecular weight is 323 g/mol. The second-order valence-corrected chi connectivity index (χ2v) is 5.80. The Balaban J connectivity index is 2.05. The quantitative estimate of drug-likeness (QED) is 0.905. The summed E-state index contributed by atoms with van der Waals surface area (Å²) in [5.74, 6) is 1.61. The summed E-state index contributed by atoms with van der Waals surface area (Å²) >= 11 is 3.50. The number of nitrogens with one attached hydrogen (secondary N) is 1. The van der Waals surface area contributed by atoms with Gasteiger partial charge in [-0.15, -0.1) is 0 Å². The Hall–Kier alpha value is -1.13. The Morgan fingerprint density at radius 2 is 2.16 bits per heavy atom. The zero-order valence-corrected chi connectivity index (χ0v) is 13.1. The molecule has 2 aromatic rings. The molecule has 1 heterocycles. The van der Waals surface area contributed by atoms with Crippen molar-refractivity contribution in [2.45, 2.75) is 33.2 Å². The lowest BCUT2D eigenvalue weighted by Gasteiger charge is -2.05. The molecule has 102 valence electrons. The van der Waals surface area contributed by atoms with Gasteiger partial charge in [-0.3, -0.25) is 0 Å². The Kier molecular flexibility index (Phi) is 4.77. The van der Waals surface area contributed by atoms with E-state index in [1.165, 1.54) is 5.56 Å². The molecule has 3 nitrogen and oxygen atoms in total. The fourth-order valence-electron chi connectivity index (χ4n) is 1.83. The van der Waals surface area contributed by atoms with E-state index in [4.69, 9.17) is 4.42 Å². The first-order valence-corrected chi connectivity index (χ1v) is 7.30. The minimum Gasteiger partial charge on any atom is -0.441 e. The summed E-state index contributed by atoms with van der Waals surface area (Å²) < 4.78 is 6.89. The van der Waals surface area contributed by atoms with E-state index < -0.39 is 0 Å². The fourth-order valence-corrected chi connectivity index (χ4v) is 2.07. The van der Waals surface area contributed by atoms with Crippen LogP contribution in [0, 0.1) is 6.92 Å². The van der Waals surface area contributed by atoms with E-state index in [1.54, 1.807) is 6.20 Å². The van der Waals surface area contributed by atoms with Gasteiger partial charge in [-0.2, -0.15) is 0 Å². The molecule has 0 saturated carbocycles. The number of hydrogen-bond acceptors (Lipinski definition) is 3. The van der Waals surface area contributed by atoms with Crippen molar-refractivity contribution in [2.75, 3.05) is 6.54 Å². The number of nitrogens with zero attached hydrogens (tertiary/aromatic N) is 1. The van der Waals surface area contributed by atoms with E-state index in [1.807, 2.05) is 12.1 Å². The molecule has 0 unspecified atom stereocenters. The molecule has 0 spiro atoms. The Morgan fingerprint density at radius 1 is 1.37 bits per heavy atom. The van der Waals surface area contributed by atoms with Crippen molar-refractivity contribution >= 4 is 15.9 Å². The third-order valence-corrected chi connectivity index (χ3v) is 3.78. The molecule has 0 atom stereocenters. The van der Waals surface area contributed by atoms with Crippen LogP contribution in [0.15, 0.2) is 33.3 Å². The molecule has 1 aromatic heterocycles. The maximum atomic E-state index is 5.78. The molecule has 0 aliphatic rings. The lowest BCUT2D eigenvalue weighted by atomic mass is 10.1. The summed E-state index contributed by atoms with van der Waals surface area (Å²) in [6.07, 6.45) is 2.61. The van der Waals surface area contributed by atoms with Crippen LogP contribution in [0.3, 0.4) is 0 Å². The molecule has 1 aromatic carbocycles. The maximum absolute atomic E-state index is 5.78. The number of aryl methyl sites for hydroxylation is 1. The Bertz CT molecular complexity index is 549. The average Bonchev–Trinajstić information content (AvgIpc) is 2.81. The summed E-state index contributed by atoms with van der Waals surface area (Å²) in [6, 6.07) is 6.66. The highest BCUT2D eigenvalue weighted by atomic mass is 79.9. The van der Waals surface area contributed by atoms with E-state index in [2.05, 4.69) is 53.1 Å². The highest BCUT2D eigenvalue weighted by molar-refractivity contribution is 9.10. The van der Waals surface area contributed by atoms with Crippen molar-refractivity contribution in [3.05, 3.63) is 40.3 Å². The molecule has 19 heavy (non-hydrogen) atoms. The lowest BCUT2D eigenvalue weighted by Crippen LogP contribution is -2.24. The van der Waals surface area contributed by atoms with Gasteiger partial charge in [0.1, 0.15) is 0 Å². The second-order valence-electron chi connectivity index (χ2n) is 4.94. The molecule has 0 bridgehead atoms. The SMILES string of the molecule is Cc1cc(-c2cnc(CCNC(C)C)o2)ccc1Br. The van der Waals surface area contributed by atoms with Crippen LogP contribution < -0.4 is 5.32 Å². The van der Waals surface area contributed by atoms with Gasteiger partial charge in [-0.1, -0.05) is 35.8 Å². The monoisotopic (exact) mass is 322 g/mol. The van der Waals surface area contributed by atoms with Crippen molar-refractivity contribution in [1.29, 1.82) is 0 Å². The third-order valence-electron chi connectivity index (χ3n) is 2.89. The first-order chi connectivity index (χ1) is 9.06. The zero-order valence-electron chi connectivity index (χ0n) is 11.5. The summed E-state index contributed by atoms with van der Waals surface area (Å²) in [4.78, 5) is 4.32. The topological polar surface area (TPSA) is 38.1 Å². The number of halogens is 1. The predicted molar refractivity (Wildman–Crippen MR) is 81.2 cm³/mol. The fraction of sp³-hybridized carbons (Fsp3) is 0.400. The second kappa shape index (κ2) is 6.35. The van der Waals surface area contributed by atoms with E-state index in [9.17, 15) is 0 Å². The van der Waals surface area contributed by atoms with Gasteiger partial charge in [-0.25, -0.2) is 4.98 Å².